The minimum Gasteiger partial charge on any atom is -0.351 e. The average molecular weight is 477 g/mol. The van der Waals surface area contributed by atoms with Gasteiger partial charge < -0.3 is 10.0 Å². The Morgan fingerprint density at radius 1 is 1.06 bits per heavy atom. The van der Waals surface area contributed by atoms with Gasteiger partial charge in [0, 0.05) is 23.1 Å². The summed E-state index contributed by atoms with van der Waals surface area (Å²) in [6.45, 7) is 3.86. The van der Waals surface area contributed by atoms with E-state index >= 15 is 0 Å². The number of nitrogens with one attached hydrogen (secondary N) is 2. The van der Waals surface area contributed by atoms with E-state index in [9.17, 15) is 13.2 Å². The van der Waals surface area contributed by atoms with Crippen LogP contribution in [0.5, 0.6) is 0 Å². The van der Waals surface area contributed by atoms with Gasteiger partial charge in [0.1, 0.15) is 11.3 Å². The minimum atomic E-state index is -4.15. The summed E-state index contributed by atoms with van der Waals surface area (Å²) < 4.78 is 39.7. The molecule has 33 heavy (non-hydrogen) atoms. The molecule has 4 rings (SSSR count). The molecule has 1 aliphatic rings. The van der Waals surface area contributed by atoms with Crippen molar-refractivity contribution in [1.82, 2.24) is 19.9 Å². The van der Waals surface area contributed by atoms with Gasteiger partial charge in [0.15, 0.2) is 0 Å². The summed E-state index contributed by atoms with van der Waals surface area (Å²) in [6.07, 6.45) is 2.82. The van der Waals surface area contributed by atoms with Gasteiger partial charge in [0.25, 0.3) is 0 Å². The van der Waals surface area contributed by atoms with E-state index in [4.69, 9.17) is 9.97 Å². The summed E-state index contributed by atoms with van der Waals surface area (Å²) in [5.41, 5.74) is 4.88. The number of aromatic nitrogens is 4. The molecule has 2 N–H and O–H groups in total. The van der Waals surface area contributed by atoms with Gasteiger partial charge in [-0.25, -0.2) is 19.9 Å². The molecule has 0 spiro atoms. The fourth-order valence-electron chi connectivity index (χ4n) is 4.00. The quantitative estimate of drug-likeness (QED) is 0.299. The molecule has 0 aliphatic heterocycles. The maximum absolute atomic E-state index is 12.3. The number of pyridine rings is 2. The molecule has 1 aliphatic carbocycles. The first-order valence-corrected chi connectivity index (χ1v) is 12.1. The fraction of sp³-hybridized carbons (Fsp3) is 0.478. The van der Waals surface area contributed by atoms with Crippen molar-refractivity contribution in [3.05, 3.63) is 35.7 Å². The monoisotopic (exact) mass is 476 g/mol. The van der Waals surface area contributed by atoms with Crippen molar-refractivity contribution in [3.63, 3.8) is 0 Å². The zero-order valence-corrected chi connectivity index (χ0v) is 19.5. The summed E-state index contributed by atoms with van der Waals surface area (Å²) >= 11 is 0.991. The van der Waals surface area contributed by atoms with Crippen LogP contribution in [0.15, 0.2) is 24.4 Å². The Bertz CT molecular complexity index is 1120. The molecule has 0 unspecified atom stereocenters. The lowest BCUT2D eigenvalue weighted by atomic mass is 9.96. The first-order chi connectivity index (χ1) is 15.8. The molecule has 0 amide bonds. The summed E-state index contributed by atoms with van der Waals surface area (Å²) in [5.74, 6) is 1.08. The molecule has 1 fully saturated rings. The average Bonchev–Trinajstić information content (AvgIpc) is 2.77. The predicted octanol–water partition coefficient (Wildman–Crippen LogP) is 6.46. The Hall–Kier alpha value is -2.62. The molecule has 6 nitrogen and oxygen atoms in total. The summed E-state index contributed by atoms with van der Waals surface area (Å²) in [4.78, 5) is 18.4. The van der Waals surface area contributed by atoms with Crippen LogP contribution in [-0.2, 0) is 0 Å². The number of aryl methyl sites for hydroxylation is 2. The number of halogens is 3. The van der Waals surface area contributed by atoms with Crippen molar-refractivity contribution in [1.29, 1.82) is 0 Å². The Kier molecular flexibility index (Phi) is 7.21. The molecule has 0 atom stereocenters. The topological polar surface area (TPSA) is 75.6 Å². The van der Waals surface area contributed by atoms with Gasteiger partial charge in [0.2, 0.25) is 5.95 Å². The van der Waals surface area contributed by atoms with Crippen LogP contribution in [0.4, 0.5) is 24.9 Å². The largest absolute Gasteiger partial charge is 0.389 e. The fourth-order valence-corrected chi connectivity index (χ4v) is 4.70. The number of alkyl halides is 3. The summed E-state index contributed by atoms with van der Waals surface area (Å²) in [5, 5.41) is 3.46. The first-order valence-electron chi connectivity index (χ1n) is 11.1. The van der Waals surface area contributed by atoms with E-state index in [0.29, 0.717) is 23.3 Å². The van der Waals surface area contributed by atoms with E-state index in [-0.39, 0.29) is 5.75 Å². The van der Waals surface area contributed by atoms with Crippen LogP contribution >= 0.6 is 11.9 Å². The second-order valence-electron chi connectivity index (χ2n) is 8.38. The van der Waals surface area contributed by atoms with E-state index in [1.54, 1.807) is 12.3 Å². The highest BCUT2D eigenvalue weighted by Gasteiger charge is 2.26. The molecule has 0 aromatic carbocycles. The number of fused-ring (bicyclic) bond motifs is 1. The molecule has 3 aromatic rings. The van der Waals surface area contributed by atoms with Crippen LogP contribution in [0.2, 0.25) is 0 Å². The van der Waals surface area contributed by atoms with Gasteiger partial charge in [-0.05, 0) is 50.5 Å². The molecule has 0 bridgehead atoms. The molecular formula is C23H27F3N6S. The molecule has 10 heteroatoms. The maximum atomic E-state index is 12.3. The van der Waals surface area contributed by atoms with Crippen LogP contribution in [0.1, 0.15) is 49.8 Å². The second kappa shape index (κ2) is 10.1. The van der Waals surface area contributed by atoms with E-state index in [0.717, 1.165) is 52.8 Å². The number of nitrogens with zero attached hydrogens (tertiary/aromatic N) is 4. The van der Waals surface area contributed by atoms with Gasteiger partial charge in [-0.3, -0.25) is 0 Å². The highest BCUT2D eigenvalue weighted by atomic mass is 32.2. The normalized spacial score (nSPS) is 15.1. The Labute approximate surface area is 195 Å². The van der Waals surface area contributed by atoms with Crippen LogP contribution in [0, 0.1) is 13.8 Å². The molecular weight excluding hydrogens is 449 g/mol. The SMILES string of the molecule is Cc1nc(NSCCC(F)(F)F)ccc1-c1cc(C)c2nc(NC3CCCCC3)ncc2n1. The third-order valence-electron chi connectivity index (χ3n) is 5.70. The Morgan fingerprint density at radius 2 is 1.85 bits per heavy atom. The molecule has 3 heterocycles. The Morgan fingerprint density at radius 3 is 2.58 bits per heavy atom. The minimum absolute atomic E-state index is 0.0744. The molecule has 3 aromatic heterocycles. The molecule has 176 valence electrons. The van der Waals surface area contributed by atoms with Gasteiger partial charge in [0.05, 0.1) is 23.8 Å². The lowest BCUT2D eigenvalue weighted by Gasteiger charge is -2.22. The van der Waals surface area contributed by atoms with Crippen LogP contribution in [0.3, 0.4) is 0 Å². The van der Waals surface area contributed by atoms with Gasteiger partial charge in [-0.1, -0.05) is 31.2 Å². The standard InChI is InChI=1S/C23H27F3N6S/c1-14-12-18(17-8-9-20(28-15(17)2)32-33-11-10-23(24,25)26)30-19-13-27-22(31-21(14)19)29-16-6-4-3-5-7-16/h8-9,12-13,16H,3-7,10-11H2,1-2H3,(H,28,32)(H,27,29,31). The number of rotatable bonds is 7. The molecule has 0 radical (unpaired) electrons. The van der Waals surface area contributed by atoms with Crippen molar-refractivity contribution in [2.75, 3.05) is 15.8 Å². The predicted molar refractivity (Wildman–Crippen MR) is 127 cm³/mol. The molecule has 1 saturated carbocycles. The van der Waals surface area contributed by atoms with Crippen molar-refractivity contribution in [3.8, 4) is 11.3 Å². The van der Waals surface area contributed by atoms with Crippen molar-refractivity contribution >= 4 is 34.7 Å². The number of hydrogen-bond donors (Lipinski definition) is 2. The lowest BCUT2D eigenvalue weighted by Crippen LogP contribution is -2.23. The smallest absolute Gasteiger partial charge is 0.351 e. The maximum Gasteiger partial charge on any atom is 0.389 e. The zero-order valence-electron chi connectivity index (χ0n) is 18.7. The van der Waals surface area contributed by atoms with Crippen LogP contribution in [-0.4, -0.2) is 37.9 Å². The van der Waals surface area contributed by atoms with Crippen LogP contribution in [0.25, 0.3) is 22.3 Å². The second-order valence-corrected chi connectivity index (χ2v) is 9.28. The van der Waals surface area contributed by atoms with Gasteiger partial charge in [-0.2, -0.15) is 13.2 Å². The third-order valence-corrected chi connectivity index (χ3v) is 6.46. The van der Waals surface area contributed by atoms with Crippen molar-refractivity contribution in [2.24, 2.45) is 0 Å². The van der Waals surface area contributed by atoms with Crippen molar-refractivity contribution in [2.45, 2.75) is 64.6 Å². The zero-order chi connectivity index (χ0) is 23.4. The van der Waals surface area contributed by atoms with Crippen molar-refractivity contribution < 1.29 is 13.2 Å². The van der Waals surface area contributed by atoms with E-state index in [1.807, 2.05) is 26.0 Å². The van der Waals surface area contributed by atoms with E-state index in [2.05, 4.69) is 20.0 Å². The van der Waals surface area contributed by atoms with Gasteiger partial charge in [-0.15, -0.1) is 0 Å². The van der Waals surface area contributed by atoms with E-state index in [1.165, 1.54) is 19.3 Å². The number of hydrogen-bond acceptors (Lipinski definition) is 7. The van der Waals surface area contributed by atoms with E-state index < -0.39 is 12.6 Å². The molecule has 0 saturated heterocycles. The third kappa shape index (κ3) is 6.25. The summed E-state index contributed by atoms with van der Waals surface area (Å²) in [6, 6.07) is 6.03. The van der Waals surface area contributed by atoms with Gasteiger partial charge >= 0.3 is 6.18 Å². The number of anilines is 2. The van der Waals surface area contributed by atoms with Crippen LogP contribution < -0.4 is 10.0 Å². The summed E-state index contributed by atoms with van der Waals surface area (Å²) in [7, 11) is 0. The highest BCUT2D eigenvalue weighted by molar-refractivity contribution is 8.00. The Balaban J connectivity index is 1.49. The lowest BCUT2D eigenvalue weighted by molar-refractivity contribution is -0.129. The first kappa shape index (κ1) is 23.5. The highest BCUT2D eigenvalue weighted by Crippen LogP contribution is 2.28.